The third kappa shape index (κ3) is 7.22. The highest BCUT2D eigenvalue weighted by atomic mass is 16.5. The molecule has 0 amide bonds. The van der Waals surface area contributed by atoms with Crippen LogP contribution in [-0.4, -0.2) is 24.9 Å². The molecule has 0 aliphatic heterocycles. The maximum absolute atomic E-state index is 8.72. The van der Waals surface area contributed by atoms with E-state index in [2.05, 4.69) is 16.6 Å². The molecule has 0 heterocycles. The monoisotopic (exact) mass is 140 g/mol. The number of hydrogen-bond donors (Lipinski definition) is 1. The second-order valence-corrected chi connectivity index (χ2v) is 1.85. The number of aliphatic hydroxyl groups is 1. The van der Waals surface area contributed by atoms with Crippen molar-refractivity contribution in [2.45, 2.75) is 13.0 Å². The molecule has 0 radical (unpaired) electrons. The first-order chi connectivity index (χ1) is 4.77. The lowest BCUT2D eigenvalue weighted by Gasteiger charge is -1.87. The Labute approximate surface area is 61.5 Å². The van der Waals surface area contributed by atoms with Crippen LogP contribution in [0.25, 0.3) is 0 Å². The molecule has 0 rings (SSSR count). The SMILES string of the molecule is COCC#C/C=C/C(C)O. The summed E-state index contributed by atoms with van der Waals surface area (Å²) >= 11 is 0. The van der Waals surface area contributed by atoms with Crippen LogP contribution < -0.4 is 0 Å². The summed E-state index contributed by atoms with van der Waals surface area (Å²) in [6.07, 6.45) is 2.81. The molecule has 0 aromatic heterocycles. The van der Waals surface area contributed by atoms with Gasteiger partial charge in [-0.1, -0.05) is 11.8 Å². The topological polar surface area (TPSA) is 29.5 Å². The van der Waals surface area contributed by atoms with Gasteiger partial charge >= 0.3 is 0 Å². The fourth-order valence-electron chi connectivity index (χ4n) is 0.360. The Morgan fingerprint density at radius 2 is 2.40 bits per heavy atom. The normalized spacial score (nSPS) is 12.7. The summed E-state index contributed by atoms with van der Waals surface area (Å²) < 4.78 is 4.68. The average Bonchev–Trinajstić information content (AvgIpc) is 1.87. The molecule has 1 unspecified atom stereocenters. The molecule has 1 atom stereocenters. The Morgan fingerprint density at radius 3 is 2.90 bits per heavy atom. The van der Waals surface area contributed by atoms with Crippen LogP contribution in [0, 0.1) is 11.8 Å². The molecule has 1 N–H and O–H groups in total. The molecular weight excluding hydrogens is 128 g/mol. The first kappa shape index (κ1) is 9.22. The van der Waals surface area contributed by atoms with E-state index >= 15 is 0 Å². The van der Waals surface area contributed by atoms with Crippen LogP contribution in [0.4, 0.5) is 0 Å². The van der Waals surface area contributed by atoms with Crippen molar-refractivity contribution in [2.75, 3.05) is 13.7 Å². The molecule has 2 heteroatoms. The fraction of sp³-hybridized carbons (Fsp3) is 0.500. The van der Waals surface area contributed by atoms with Gasteiger partial charge in [-0.25, -0.2) is 0 Å². The third-order valence-corrected chi connectivity index (χ3v) is 0.777. The second-order valence-electron chi connectivity index (χ2n) is 1.85. The summed E-state index contributed by atoms with van der Waals surface area (Å²) in [5, 5.41) is 8.72. The number of ether oxygens (including phenoxy) is 1. The van der Waals surface area contributed by atoms with E-state index in [4.69, 9.17) is 5.11 Å². The Kier molecular flexibility index (Phi) is 5.85. The number of aliphatic hydroxyl groups excluding tert-OH is 1. The molecule has 0 bridgehead atoms. The summed E-state index contributed by atoms with van der Waals surface area (Å²) in [5.74, 6) is 5.42. The van der Waals surface area contributed by atoms with Gasteiger partial charge in [0.1, 0.15) is 6.61 Å². The van der Waals surface area contributed by atoms with Crippen LogP contribution in [0.5, 0.6) is 0 Å². The molecule has 0 aliphatic carbocycles. The van der Waals surface area contributed by atoms with Crippen LogP contribution in [0.3, 0.4) is 0 Å². The summed E-state index contributed by atoms with van der Waals surface area (Å²) in [6.45, 7) is 2.11. The summed E-state index contributed by atoms with van der Waals surface area (Å²) in [5.41, 5.74) is 0. The lowest BCUT2D eigenvalue weighted by Crippen LogP contribution is -1.90. The third-order valence-electron chi connectivity index (χ3n) is 0.777. The summed E-state index contributed by atoms with van der Waals surface area (Å²) in [4.78, 5) is 0. The zero-order valence-corrected chi connectivity index (χ0v) is 6.29. The Bertz CT molecular complexity index is 148. The highest BCUT2D eigenvalue weighted by Gasteiger charge is 1.79. The Morgan fingerprint density at radius 1 is 1.70 bits per heavy atom. The number of allylic oxidation sites excluding steroid dienone is 1. The van der Waals surface area contributed by atoms with Gasteiger partial charge in [-0.3, -0.25) is 0 Å². The van der Waals surface area contributed by atoms with Crippen molar-refractivity contribution < 1.29 is 9.84 Å². The first-order valence-electron chi connectivity index (χ1n) is 3.09. The molecule has 0 aromatic rings. The fourth-order valence-corrected chi connectivity index (χ4v) is 0.360. The van der Waals surface area contributed by atoms with Crippen molar-refractivity contribution in [2.24, 2.45) is 0 Å². The minimum Gasteiger partial charge on any atom is -0.389 e. The van der Waals surface area contributed by atoms with Crippen LogP contribution >= 0.6 is 0 Å². The van der Waals surface area contributed by atoms with E-state index in [0.717, 1.165) is 0 Å². The lowest BCUT2D eigenvalue weighted by molar-refractivity contribution is 0.239. The molecular formula is C8H12O2. The second kappa shape index (κ2) is 6.34. The average molecular weight is 140 g/mol. The van der Waals surface area contributed by atoms with Gasteiger partial charge in [0.2, 0.25) is 0 Å². The van der Waals surface area contributed by atoms with E-state index in [9.17, 15) is 0 Å². The van der Waals surface area contributed by atoms with Crippen molar-refractivity contribution in [1.29, 1.82) is 0 Å². The lowest BCUT2D eigenvalue weighted by atomic mass is 10.3. The van der Waals surface area contributed by atoms with Crippen molar-refractivity contribution in [3.63, 3.8) is 0 Å². The van der Waals surface area contributed by atoms with Crippen molar-refractivity contribution in [3.05, 3.63) is 12.2 Å². The van der Waals surface area contributed by atoms with Crippen LogP contribution in [-0.2, 0) is 4.74 Å². The van der Waals surface area contributed by atoms with Gasteiger partial charge in [-0.2, -0.15) is 0 Å². The highest BCUT2D eigenvalue weighted by molar-refractivity contribution is 5.16. The molecule has 2 nitrogen and oxygen atoms in total. The zero-order valence-electron chi connectivity index (χ0n) is 6.29. The van der Waals surface area contributed by atoms with Gasteiger partial charge in [-0.15, -0.1) is 0 Å². The quantitative estimate of drug-likeness (QED) is 0.568. The number of methoxy groups -OCH3 is 1. The molecule has 0 saturated heterocycles. The van der Waals surface area contributed by atoms with Gasteiger partial charge in [0, 0.05) is 7.11 Å². The van der Waals surface area contributed by atoms with Crippen LogP contribution in [0.2, 0.25) is 0 Å². The van der Waals surface area contributed by atoms with E-state index < -0.39 is 6.10 Å². The number of hydrogen-bond acceptors (Lipinski definition) is 2. The van der Waals surface area contributed by atoms with Gasteiger partial charge in [0.15, 0.2) is 0 Å². The van der Waals surface area contributed by atoms with Crippen molar-refractivity contribution in [3.8, 4) is 11.8 Å². The maximum atomic E-state index is 8.72. The number of rotatable bonds is 2. The Hall–Kier alpha value is -0.780. The van der Waals surface area contributed by atoms with Crippen LogP contribution in [0.15, 0.2) is 12.2 Å². The summed E-state index contributed by atoms with van der Waals surface area (Å²) in [7, 11) is 1.59. The molecule has 0 aliphatic rings. The van der Waals surface area contributed by atoms with Gasteiger partial charge < -0.3 is 9.84 Å². The first-order valence-corrected chi connectivity index (χ1v) is 3.09. The van der Waals surface area contributed by atoms with Gasteiger partial charge in [0.25, 0.3) is 0 Å². The van der Waals surface area contributed by atoms with Crippen molar-refractivity contribution in [1.82, 2.24) is 0 Å². The van der Waals surface area contributed by atoms with E-state index in [-0.39, 0.29) is 0 Å². The Balaban J connectivity index is 3.44. The predicted molar refractivity (Wildman–Crippen MR) is 40.5 cm³/mol. The molecule has 56 valence electrons. The predicted octanol–water partition coefficient (Wildman–Crippen LogP) is 0.573. The molecule has 0 aromatic carbocycles. The molecule has 0 fully saturated rings. The minimum absolute atomic E-state index is 0.420. The van der Waals surface area contributed by atoms with Crippen molar-refractivity contribution >= 4 is 0 Å². The van der Waals surface area contributed by atoms with E-state index in [1.807, 2.05) is 0 Å². The van der Waals surface area contributed by atoms with Gasteiger partial charge in [-0.05, 0) is 19.1 Å². The van der Waals surface area contributed by atoms with Crippen LogP contribution in [0.1, 0.15) is 6.92 Å². The zero-order chi connectivity index (χ0) is 7.82. The largest absolute Gasteiger partial charge is 0.389 e. The molecule has 0 spiro atoms. The van der Waals surface area contributed by atoms with Gasteiger partial charge in [0.05, 0.1) is 6.10 Å². The highest BCUT2D eigenvalue weighted by Crippen LogP contribution is 1.79. The van der Waals surface area contributed by atoms with E-state index in [1.165, 1.54) is 0 Å². The molecule has 10 heavy (non-hydrogen) atoms. The molecule has 0 saturated carbocycles. The summed E-state index contributed by atoms with van der Waals surface area (Å²) in [6, 6.07) is 0. The van der Waals surface area contributed by atoms with E-state index in [1.54, 1.807) is 26.2 Å². The minimum atomic E-state index is -0.420. The maximum Gasteiger partial charge on any atom is 0.107 e. The smallest absolute Gasteiger partial charge is 0.107 e. The van der Waals surface area contributed by atoms with E-state index in [0.29, 0.717) is 6.61 Å². The standard InChI is InChI=1S/C8H12O2/c1-8(9)6-4-3-5-7-10-2/h4,6,8-9H,7H2,1-2H3/b6-4+.